The molecule has 1 N–H and O–H groups in total. The average Bonchev–Trinajstić information content (AvgIpc) is 2.15. The zero-order valence-corrected chi connectivity index (χ0v) is 8.44. The van der Waals surface area contributed by atoms with Crippen LogP contribution in [-0.4, -0.2) is 23.7 Å². The van der Waals surface area contributed by atoms with E-state index in [4.69, 9.17) is 5.41 Å². The second-order valence-electron chi connectivity index (χ2n) is 4.62. The van der Waals surface area contributed by atoms with Crippen LogP contribution in [0.3, 0.4) is 0 Å². The first-order valence-electron chi connectivity index (χ1n) is 4.33. The lowest BCUT2D eigenvalue weighted by Gasteiger charge is -2.33. The Labute approximate surface area is 74.8 Å². The number of nitrogens with one attached hydrogen (secondary N) is 1. The molecule has 0 aliphatic carbocycles. The van der Waals surface area contributed by atoms with Gasteiger partial charge in [-0.3, -0.25) is 0 Å². The van der Waals surface area contributed by atoms with E-state index in [0.29, 0.717) is 11.8 Å². The Morgan fingerprint density at radius 1 is 1.50 bits per heavy atom. The van der Waals surface area contributed by atoms with E-state index in [1.54, 1.807) is 0 Å². The molecule has 1 heterocycles. The molecule has 0 bridgehead atoms. The summed E-state index contributed by atoms with van der Waals surface area (Å²) in [6.45, 7) is 10.5. The van der Waals surface area contributed by atoms with Crippen molar-refractivity contribution in [2.24, 2.45) is 5.41 Å². The monoisotopic (exact) mass is 166 g/mol. The average molecular weight is 166 g/mol. The summed E-state index contributed by atoms with van der Waals surface area (Å²) in [4.78, 5) is 2.13. The van der Waals surface area contributed by atoms with Crippen LogP contribution in [0.1, 0.15) is 27.2 Å². The lowest BCUT2D eigenvalue weighted by molar-refractivity contribution is 0.189. The van der Waals surface area contributed by atoms with Crippen LogP contribution in [0.15, 0.2) is 12.3 Å². The molecule has 68 valence electrons. The molecule has 1 aliphatic heterocycles. The molecule has 1 unspecified atom stereocenters. The maximum atomic E-state index is 7.65. The molecule has 1 atom stereocenters. The maximum absolute atomic E-state index is 7.65. The van der Waals surface area contributed by atoms with Crippen LogP contribution in [0, 0.1) is 10.8 Å². The van der Waals surface area contributed by atoms with Crippen LogP contribution in [0.5, 0.6) is 0 Å². The third-order valence-electron chi connectivity index (χ3n) is 2.64. The second-order valence-corrected chi connectivity index (χ2v) is 4.62. The summed E-state index contributed by atoms with van der Waals surface area (Å²) in [5.41, 5.74) is 1.81. The largest absolute Gasteiger partial charge is 0.370 e. The minimum atomic E-state index is 0.237. The predicted molar refractivity (Wildman–Crippen MR) is 52.5 cm³/mol. The summed E-state index contributed by atoms with van der Waals surface area (Å²) in [5.74, 6) is 0. The van der Waals surface area contributed by atoms with Gasteiger partial charge in [0.15, 0.2) is 0 Å². The van der Waals surface area contributed by atoms with Crippen LogP contribution in [0.25, 0.3) is 0 Å². The molecule has 12 heavy (non-hydrogen) atoms. The maximum Gasteiger partial charge on any atom is 0.0561 e. The molecule has 1 rings (SSSR count). The van der Waals surface area contributed by atoms with E-state index in [1.807, 2.05) is 7.05 Å². The van der Waals surface area contributed by atoms with Crippen molar-refractivity contribution >= 4 is 5.71 Å². The molecule has 1 fully saturated rings. The van der Waals surface area contributed by atoms with Crippen LogP contribution in [-0.2, 0) is 0 Å². The van der Waals surface area contributed by atoms with Gasteiger partial charge in [0.1, 0.15) is 0 Å². The topological polar surface area (TPSA) is 27.1 Å². The minimum absolute atomic E-state index is 0.237. The van der Waals surface area contributed by atoms with Gasteiger partial charge < -0.3 is 10.3 Å². The first kappa shape index (κ1) is 9.30. The molecule has 1 saturated heterocycles. The number of nitrogens with zero attached hydrogens (tertiary/aromatic N) is 1. The van der Waals surface area contributed by atoms with Crippen molar-refractivity contribution in [3.05, 3.63) is 12.3 Å². The van der Waals surface area contributed by atoms with Gasteiger partial charge >= 0.3 is 0 Å². The summed E-state index contributed by atoms with van der Waals surface area (Å²) < 4.78 is 0. The zero-order valence-electron chi connectivity index (χ0n) is 8.44. The van der Waals surface area contributed by atoms with E-state index >= 15 is 0 Å². The number of hydrogen-bond acceptors (Lipinski definition) is 2. The van der Waals surface area contributed by atoms with Crippen LogP contribution < -0.4 is 0 Å². The fourth-order valence-corrected chi connectivity index (χ4v) is 1.74. The van der Waals surface area contributed by atoms with Gasteiger partial charge in [-0.05, 0) is 5.41 Å². The van der Waals surface area contributed by atoms with Crippen molar-refractivity contribution in [2.45, 2.75) is 33.2 Å². The Morgan fingerprint density at radius 2 is 2.00 bits per heavy atom. The summed E-state index contributed by atoms with van der Waals surface area (Å²) in [6.07, 6.45) is 0.846. The number of allylic oxidation sites excluding steroid dienone is 1. The van der Waals surface area contributed by atoms with Gasteiger partial charge in [-0.25, -0.2) is 0 Å². The van der Waals surface area contributed by atoms with E-state index < -0.39 is 0 Å². The minimum Gasteiger partial charge on any atom is -0.370 e. The molecular weight excluding hydrogens is 148 g/mol. The lowest BCUT2D eigenvalue weighted by Crippen LogP contribution is -2.35. The molecule has 1 aliphatic rings. The zero-order chi connectivity index (χ0) is 9.52. The van der Waals surface area contributed by atoms with Gasteiger partial charge in [-0.1, -0.05) is 27.4 Å². The third-order valence-corrected chi connectivity index (χ3v) is 2.64. The van der Waals surface area contributed by atoms with E-state index in [1.165, 1.54) is 0 Å². The van der Waals surface area contributed by atoms with Crippen molar-refractivity contribution in [1.29, 1.82) is 5.41 Å². The number of likely N-dealkylation sites (tertiary alicyclic amines) is 1. The highest BCUT2D eigenvalue weighted by molar-refractivity contribution is 5.99. The Balaban J connectivity index is 2.85. The molecule has 0 aromatic carbocycles. The van der Waals surface area contributed by atoms with E-state index in [2.05, 4.69) is 32.3 Å². The Hall–Kier alpha value is -0.790. The van der Waals surface area contributed by atoms with Crippen LogP contribution >= 0.6 is 0 Å². The van der Waals surface area contributed by atoms with E-state index in [0.717, 1.165) is 12.1 Å². The Bertz CT molecular complexity index is 222. The Kier molecular flexibility index (Phi) is 2.02. The predicted octanol–water partition coefficient (Wildman–Crippen LogP) is 2.27. The van der Waals surface area contributed by atoms with Gasteiger partial charge in [-0.2, -0.15) is 0 Å². The number of hydrogen-bond donors (Lipinski definition) is 1. The van der Waals surface area contributed by atoms with Crippen molar-refractivity contribution in [2.75, 3.05) is 7.05 Å². The van der Waals surface area contributed by atoms with Gasteiger partial charge in [0, 0.05) is 19.5 Å². The van der Waals surface area contributed by atoms with Gasteiger partial charge in [0.05, 0.1) is 11.4 Å². The van der Waals surface area contributed by atoms with Crippen LogP contribution in [0.2, 0.25) is 0 Å². The first-order valence-corrected chi connectivity index (χ1v) is 4.33. The summed E-state index contributed by atoms with van der Waals surface area (Å²) in [5, 5.41) is 7.65. The molecular formula is C10H18N2. The molecule has 0 saturated carbocycles. The fraction of sp³-hybridized carbons (Fsp3) is 0.700. The summed E-state index contributed by atoms with van der Waals surface area (Å²) >= 11 is 0. The standard InChI is InChI=1S/C10H18N2/c1-7-8(11)6-9(12(7)5)10(2,3)4/h9,11H,1,6H2,2-5H3. The smallest absolute Gasteiger partial charge is 0.0561 e. The lowest BCUT2D eigenvalue weighted by atomic mass is 9.85. The highest BCUT2D eigenvalue weighted by Gasteiger charge is 2.36. The quantitative estimate of drug-likeness (QED) is 0.587. The molecule has 0 radical (unpaired) electrons. The van der Waals surface area contributed by atoms with Gasteiger partial charge in [0.25, 0.3) is 0 Å². The molecule has 2 nitrogen and oxygen atoms in total. The molecule has 2 heteroatoms. The van der Waals surface area contributed by atoms with Crippen molar-refractivity contribution < 1.29 is 0 Å². The normalized spacial score (nSPS) is 25.3. The fourth-order valence-electron chi connectivity index (χ4n) is 1.74. The van der Waals surface area contributed by atoms with Crippen molar-refractivity contribution in [3.63, 3.8) is 0 Å². The van der Waals surface area contributed by atoms with E-state index in [-0.39, 0.29) is 5.41 Å². The van der Waals surface area contributed by atoms with E-state index in [9.17, 15) is 0 Å². The third kappa shape index (κ3) is 1.38. The molecule has 0 spiro atoms. The highest BCUT2D eigenvalue weighted by atomic mass is 15.2. The Morgan fingerprint density at radius 3 is 2.17 bits per heavy atom. The van der Waals surface area contributed by atoms with Crippen molar-refractivity contribution in [3.8, 4) is 0 Å². The van der Waals surface area contributed by atoms with Crippen molar-refractivity contribution in [1.82, 2.24) is 4.90 Å². The molecule has 0 aromatic heterocycles. The van der Waals surface area contributed by atoms with Gasteiger partial charge in [0.2, 0.25) is 0 Å². The van der Waals surface area contributed by atoms with Crippen LogP contribution in [0.4, 0.5) is 0 Å². The summed E-state index contributed by atoms with van der Waals surface area (Å²) in [7, 11) is 2.03. The SMILES string of the molecule is C=C1C(=N)CC(C(C)(C)C)N1C. The molecule has 0 aromatic rings. The van der Waals surface area contributed by atoms with Gasteiger partial charge in [-0.15, -0.1) is 0 Å². The second kappa shape index (κ2) is 2.61. The summed E-state index contributed by atoms with van der Waals surface area (Å²) in [6, 6.07) is 0.442. The number of rotatable bonds is 0. The highest BCUT2D eigenvalue weighted by Crippen LogP contribution is 2.33. The first-order chi connectivity index (χ1) is 5.34. The molecule has 0 amide bonds.